The van der Waals surface area contributed by atoms with Crippen molar-refractivity contribution in [2.45, 2.75) is 24.7 Å². The molecule has 0 aliphatic heterocycles. The van der Waals surface area contributed by atoms with Gasteiger partial charge in [0.05, 0.1) is 11.1 Å². The lowest BCUT2D eigenvalue weighted by Crippen LogP contribution is -2.29. The van der Waals surface area contributed by atoms with Crippen molar-refractivity contribution in [3.05, 3.63) is 233 Å². The molecule has 0 N–H and O–H groups in total. The maximum absolute atomic E-state index is 15.5. The first-order valence-corrected chi connectivity index (χ1v) is 18.7. The predicted octanol–water partition coefficient (Wildman–Crippen LogP) is 13.6. The molecule has 0 atom stereocenters. The number of rotatable bonds is 6. The largest absolute Gasteiger partial charge is 0.310 e. The fourth-order valence-electron chi connectivity index (χ4n) is 9.38. The molecule has 2 aliphatic rings. The molecule has 8 aromatic rings. The first kappa shape index (κ1) is 32.2. The Bertz CT molecular complexity index is 2660. The van der Waals surface area contributed by atoms with Gasteiger partial charge < -0.3 is 4.90 Å². The second-order valence-corrected chi connectivity index (χ2v) is 15.0. The van der Waals surface area contributed by atoms with Crippen LogP contribution in [0.1, 0.15) is 47.2 Å². The van der Waals surface area contributed by atoms with E-state index in [4.69, 9.17) is 0 Å². The van der Waals surface area contributed by atoms with E-state index in [1.165, 1.54) is 22.3 Å². The first-order chi connectivity index (χ1) is 26.5. The number of fused-ring (bicyclic) bond motifs is 6. The Hall–Kier alpha value is -6.51. The molecule has 0 aromatic heterocycles. The zero-order chi connectivity index (χ0) is 36.4. The summed E-state index contributed by atoms with van der Waals surface area (Å²) in [6.45, 7) is 4.67. The molecule has 0 amide bonds. The lowest BCUT2D eigenvalue weighted by molar-refractivity contribution is 0.621. The monoisotopic (exact) mass is 695 g/mol. The molecule has 10 rings (SSSR count). The fraction of sp³-hybridized carbons (Fsp3) is 0.0769. The van der Waals surface area contributed by atoms with Crippen LogP contribution in [0.2, 0.25) is 0 Å². The number of benzene rings is 8. The Kier molecular flexibility index (Phi) is 7.32. The van der Waals surface area contributed by atoms with Crippen LogP contribution in [-0.2, 0) is 10.8 Å². The average Bonchev–Trinajstić information content (AvgIpc) is 3.64. The van der Waals surface area contributed by atoms with Crippen LogP contribution in [0, 0.1) is 5.82 Å². The molecule has 54 heavy (non-hydrogen) atoms. The number of halogens is 1. The van der Waals surface area contributed by atoms with E-state index >= 15 is 4.39 Å². The molecule has 0 saturated carbocycles. The first-order valence-electron chi connectivity index (χ1n) is 18.7. The Morgan fingerprint density at radius 3 is 1.50 bits per heavy atom. The van der Waals surface area contributed by atoms with Gasteiger partial charge in [-0.3, -0.25) is 0 Å². The predicted molar refractivity (Wildman–Crippen MR) is 221 cm³/mol. The normalized spacial score (nSPS) is 14.1. The van der Waals surface area contributed by atoms with Crippen LogP contribution >= 0.6 is 0 Å². The topological polar surface area (TPSA) is 3.24 Å². The smallest absolute Gasteiger partial charge is 0.123 e. The van der Waals surface area contributed by atoms with E-state index < -0.39 is 5.41 Å². The van der Waals surface area contributed by atoms with Gasteiger partial charge in [-0.15, -0.1) is 0 Å². The van der Waals surface area contributed by atoms with E-state index in [9.17, 15) is 0 Å². The van der Waals surface area contributed by atoms with Crippen LogP contribution in [0.15, 0.2) is 194 Å². The molecule has 2 aliphatic carbocycles. The summed E-state index contributed by atoms with van der Waals surface area (Å²) in [5, 5.41) is 0. The van der Waals surface area contributed by atoms with E-state index in [1.54, 1.807) is 12.1 Å². The summed E-state index contributed by atoms with van der Waals surface area (Å²) >= 11 is 0. The molecule has 0 fully saturated rings. The van der Waals surface area contributed by atoms with E-state index in [0.717, 1.165) is 61.6 Å². The number of para-hydroxylation sites is 1. The molecular weight excluding hydrogens is 658 g/mol. The maximum atomic E-state index is 15.5. The van der Waals surface area contributed by atoms with Crippen molar-refractivity contribution < 1.29 is 4.39 Å². The molecule has 0 heterocycles. The van der Waals surface area contributed by atoms with Crippen molar-refractivity contribution in [1.82, 2.24) is 0 Å². The third-order valence-corrected chi connectivity index (χ3v) is 11.8. The van der Waals surface area contributed by atoms with Crippen LogP contribution in [0.3, 0.4) is 0 Å². The third-order valence-electron chi connectivity index (χ3n) is 11.8. The van der Waals surface area contributed by atoms with Gasteiger partial charge >= 0.3 is 0 Å². The maximum Gasteiger partial charge on any atom is 0.123 e. The molecule has 258 valence electrons. The number of anilines is 3. The highest BCUT2D eigenvalue weighted by molar-refractivity contribution is 5.93. The Morgan fingerprint density at radius 2 is 0.852 bits per heavy atom. The van der Waals surface area contributed by atoms with Crippen LogP contribution < -0.4 is 4.90 Å². The van der Waals surface area contributed by atoms with Gasteiger partial charge in [-0.25, -0.2) is 4.39 Å². The summed E-state index contributed by atoms with van der Waals surface area (Å²) in [7, 11) is 0. The van der Waals surface area contributed by atoms with Crippen molar-refractivity contribution in [3.8, 4) is 33.4 Å². The Labute approximate surface area is 316 Å². The van der Waals surface area contributed by atoms with Gasteiger partial charge in [0.25, 0.3) is 0 Å². The molecule has 0 radical (unpaired) electrons. The number of hydrogen-bond acceptors (Lipinski definition) is 1. The summed E-state index contributed by atoms with van der Waals surface area (Å²) in [6, 6.07) is 68.5. The highest BCUT2D eigenvalue weighted by Crippen LogP contribution is 2.58. The van der Waals surface area contributed by atoms with Crippen molar-refractivity contribution >= 4 is 17.1 Å². The van der Waals surface area contributed by atoms with Gasteiger partial charge in [0.1, 0.15) is 5.82 Å². The molecule has 0 spiro atoms. The van der Waals surface area contributed by atoms with E-state index in [1.807, 2.05) is 6.07 Å². The van der Waals surface area contributed by atoms with Crippen molar-refractivity contribution in [3.63, 3.8) is 0 Å². The molecule has 0 bridgehead atoms. The Balaban J connectivity index is 1.27. The van der Waals surface area contributed by atoms with E-state index in [-0.39, 0.29) is 11.2 Å². The molecular formula is C52H38FN. The van der Waals surface area contributed by atoms with Crippen molar-refractivity contribution in [2.24, 2.45) is 0 Å². The minimum absolute atomic E-state index is 0.161. The van der Waals surface area contributed by atoms with Gasteiger partial charge in [0, 0.05) is 22.4 Å². The van der Waals surface area contributed by atoms with Gasteiger partial charge in [0.2, 0.25) is 0 Å². The molecule has 0 unspecified atom stereocenters. The number of hydrogen-bond donors (Lipinski definition) is 0. The van der Waals surface area contributed by atoms with Gasteiger partial charge in [0.15, 0.2) is 0 Å². The Morgan fingerprint density at radius 1 is 0.389 bits per heavy atom. The van der Waals surface area contributed by atoms with E-state index in [2.05, 4.69) is 195 Å². The highest BCUT2D eigenvalue weighted by Gasteiger charge is 2.47. The lowest BCUT2D eigenvalue weighted by atomic mass is 9.67. The molecule has 0 saturated heterocycles. The number of nitrogens with zero attached hydrogens (tertiary/aromatic N) is 1. The minimum Gasteiger partial charge on any atom is -0.310 e. The van der Waals surface area contributed by atoms with Crippen LogP contribution in [0.4, 0.5) is 21.5 Å². The lowest BCUT2D eigenvalue weighted by Gasteiger charge is -2.35. The fourth-order valence-corrected chi connectivity index (χ4v) is 9.38. The summed E-state index contributed by atoms with van der Waals surface area (Å²) < 4.78 is 15.5. The van der Waals surface area contributed by atoms with Crippen LogP contribution in [0.25, 0.3) is 33.4 Å². The third kappa shape index (κ3) is 4.69. The van der Waals surface area contributed by atoms with Crippen LogP contribution in [-0.4, -0.2) is 0 Å². The summed E-state index contributed by atoms with van der Waals surface area (Å²) in [4.78, 5) is 2.42. The SMILES string of the molecule is CC1(C)c2ccccc2-c2ccc(N(c3ccc4c(c3)C(c3ccccc3)(c3ccccc3)c3cc(F)ccc3-4)c3ccccc3-c3ccccc3)cc21. The summed E-state index contributed by atoms with van der Waals surface area (Å²) in [6.07, 6.45) is 0. The summed E-state index contributed by atoms with van der Waals surface area (Å²) in [5.41, 5.74) is 16.3. The van der Waals surface area contributed by atoms with Gasteiger partial charge in [-0.05, 0) is 104 Å². The van der Waals surface area contributed by atoms with Crippen molar-refractivity contribution in [1.29, 1.82) is 0 Å². The molecule has 2 heteroatoms. The highest BCUT2D eigenvalue weighted by atomic mass is 19.1. The minimum atomic E-state index is -0.739. The van der Waals surface area contributed by atoms with Crippen LogP contribution in [0.5, 0.6) is 0 Å². The zero-order valence-electron chi connectivity index (χ0n) is 30.3. The average molecular weight is 696 g/mol. The molecule has 8 aromatic carbocycles. The molecule has 1 nitrogen and oxygen atoms in total. The van der Waals surface area contributed by atoms with Gasteiger partial charge in [-0.2, -0.15) is 0 Å². The van der Waals surface area contributed by atoms with Gasteiger partial charge in [-0.1, -0.05) is 166 Å². The second kappa shape index (κ2) is 12.3. The second-order valence-electron chi connectivity index (χ2n) is 15.0. The standard InChI is InChI=1S/C52H38FN/c1-51(2)46-24-14-12-23-42(46)43-30-27-39(33-47(43)51)54(50-25-15-13-22-41(50)35-16-6-3-7-17-35)40-28-31-45-44-29-26-38(53)32-48(44)52(49(45)34-40,36-18-8-4-9-19-36)37-20-10-5-11-21-37/h3-34H,1-2H3. The zero-order valence-corrected chi connectivity index (χ0v) is 30.3. The van der Waals surface area contributed by atoms with E-state index in [0.29, 0.717) is 0 Å². The quantitative estimate of drug-likeness (QED) is 0.167. The van der Waals surface area contributed by atoms with Crippen molar-refractivity contribution in [2.75, 3.05) is 4.90 Å². The summed E-state index contributed by atoms with van der Waals surface area (Å²) in [5.74, 6) is -0.238.